The van der Waals surface area contributed by atoms with E-state index < -0.39 is 0 Å². The Morgan fingerprint density at radius 1 is 1.06 bits per heavy atom. The van der Waals surface area contributed by atoms with Gasteiger partial charge in [0.15, 0.2) is 0 Å². The van der Waals surface area contributed by atoms with Crippen molar-refractivity contribution in [3.05, 3.63) is 24.5 Å². The highest BCUT2D eigenvalue weighted by molar-refractivity contribution is 5.86. The van der Waals surface area contributed by atoms with Gasteiger partial charge in [0, 0.05) is 77.4 Å². The van der Waals surface area contributed by atoms with Crippen molar-refractivity contribution >= 4 is 22.5 Å². The lowest BCUT2D eigenvalue weighted by atomic mass is 10.2. The third-order valence-corrected chi connectivity index (χ3v) is 6.62. The lowest BCUT2D eigenvalue weighted by Crippen LogP contribution is -2.48. The summed E-state index contributed by atoms with van der Waals surface area (Å²) in [6.45, 7) is 10.1. The van der Waals surface area contributed by atoms with Gasteiger partial charge in [-0.3, -0.25) is 14.6 Å². The number of benzene rings is 1. The van der Waals surface area contributed by atoms with E-state index in [0.29, 0.717) is 18.9 Å². The van der Waals surface area contributed by atoms with E-state index in [1.807, 2.05) is 0 Å². The summed E-state index contributed by atoms with van der Waals surface area (Å²) in [6, 6.07) is 6.37. The zero-order valence-electron chi connectivity index (χ0n) is 18.5. The van der Waals surface area contributed by atoms with Crippen LogP contribution in [-0.2, 0) is 9.53 Å². The molecule has 1 amide bonds. The molecule has 1 aromatic heterocycles. The van der Waals surface area contributed by atoms with Crippen LogP contribution < -0.4 is 15.0 Å². The number of carbonyl (C=O) groups is 1. The number of ether oxygens (including phenoxy) is 2. The fourth-order valence-electron chi connectivity index (χ4n) is 4.62. The van der Waals surface area contributed by atoms with Crippen molar-refractivity contribution in [2.75, 3.05) is 77.0 Å². The third-order valence-electron chi connectivity index (χ3n) is 6.62. The topological polar surface area (TPSA) is 83.1 Å². The normalized spacial score (nSPS) is 23.3. The molecule has 3 fully saturated rings. The predicted molar refractivity (Wildman–Crippen MR) is 122 cm³/mol. The average Bonchev–Trinajstić information content (AvgIpc) is 3.25. The van der Waals surface area contributed by atoms with E-state index in [0.717, 1.165) is 82.8 Å². The summed E-state index contributed by atoms with van der Waals surface area (Å²) >= 11 is 0. The van der Waals surface area contributed by atoms with Gasteiger partial charge in [0.1, 0.15) is 12.4 Å². The van der Waals surface area contributed by atoms with Gasteiger partial charge in [-0.1, -0.05) is 0 Å². The Bertz CT molecular complexity index is 927. The average molecular weight is 441 g/mol. The zero-order valence-corrected chi connectivity index (χ0v) is 18.5. The number of rotatable bonds is 6. The second-order valence-corrected chi connectivity index (χ2v) is 8.75. The number of nitrogens with zero attached hydrogens (tertiary/aromatic N) is 5. The monoisotopic (exact) mass is 440 g/mol. The predicted octanol–water partition coefficient (Wildman–Crippen LogP) is 0.741. The van der Waals surface area contributed by atoms with Crippen molar-refractivity contribution in [2.45, 2.75) is 18.9 Å². The SMILES string of the molecule is O=C1CCN(CCN2CCN(c3ccc4ncnc(OC5CCOC5)c4c3)CC2)CCN1. The van der Waals surface area contributed by atoms with E-state index in [4.69, 9.17) is 9.47 Å². The molecule has 3 aliphatic rings. The maximum absolute atomic E-state index is 11.5. The van der Waals surface area contributed by atoms with E-state index in [-0.39, 0.29) is 12.0 Å². The highest BCUT2D eigenvalue weighted by atomic mass is 16.5. The number of hydrogen-bond donors (Lipinski definition) is 1. The van der Waals surface area contributed by atoms with Crippen LogP contribution in [0, 0.1) is 0 Å². The number of aromatic nitrogens is 2. The molecule has 3 saturated heterocycles. The summed E-state index contributed by atoms with van der Waals surface area (Å²) in [6.07, 6.45) is 3.15. The molecule has 9 heteroatoms. The molecule has 1 atom stereocenters. The Hall–Kier alpha value is -2.49. The second-order valence-electron chi connectivity index (χ2n) is 8.75. The van der Waals surface area contributed by atoms with E-state index in [1.165, 1.54) is 5.69 Å². The molecule has 0 aliphatic carbocycles. The molecule has 2 aromatic rings. The van der Waals surface area contributed by atoms with Gasteiger partial charge in [-0.05, 0) is 18.2 Å². The van der Waals surface area contributed by atoms with E-state index in [1.54, 1.807) is 6.33 Å². The first-order valence-corrected chi connectivity index (χ1v) is 11.7. The van der Waals surface area contributed by atoms with Crippen LogP contribution in [0.1, 0.15) is 12.8 Å². The molecule has 1 aromatic carbocycles. The molecule has 1 unspecified atom stereocenters. The molecule has 9 nitrogen and oxygen atoms in total. The summed E-state index contributed by atoms with van der Waals surface area (Å²) in [5, 5.41) is 3.91. The minimum Gasteiger partial charge on any atom is -0.471 e. The van der Waals surface area contributed by atoms with Crippen molar-refractivity contribution in [2.24, 2.45) is 0 Å². The van der Waals surface area contributed by atoms with Gasteiger partial charge in [-0.15, -0.1) is 0 Å². The molecule has 0 spiro atoms. The van der Waals surface area contributed by atoms with Crippen LogP contribution in [0.25, 0.3) is 10.9 Å². The molecule has 0 saturated carbocycles. The largest absolute Gasteiger partial charge is 0.471 e. The van der Waals surface area contributed by atoms with Gasteiger partial charge in [0.25, 0.3) is 0 Å². The van der Waals surface area contributed by atoms with E-state index >= 15 is 0 Å². The summed E-state index contributed by atoms with van der Waals surface area (Å²) in [7, 11) is 0. The number of anilines is 1. The number of nitrogens with one attached hydrogen (secondary N) is 1. The Morgan fingerprint density at radius 2 is 1.91 bits per heavy atom. The fraction of sp³-hybridized carbons (Fsp3) is 0.609. The minimum atomic E-state index is 0.0680. The number of fused-ring (bicyclic) bond motifs is 1. The first-order chi connectivity index (χ1) is 15.7. The molecule has 1 N–H and O–H groups in total. The van der Waals surface area contributed by atoms with E-state index in [2.05, 4.69) is 48.2 Å². The van der Waals surface area contributed by atoms with Crippen molar-refractivity contribution in [1.29, 1.82) is 0 Å². The number of amides is 1. The summed E-state index contributed by atoms with van der Waals surface area (Å²) < 4.78 is 11.6. The van der Waals surface area contributed by atoms with Gasteiger partial charge < -0.3 is 19.7 Å². The first kappa shape index (κ1) is 21.4. The maximum atomic E-state index is 11.5. The summed E-state index contributed by atoms with van der Waals surface area (Å²) in [5.41, 5.74) is 2.10. The van der Waals surface area contributed by atoms with Crippen molar-refractivity contribution < 1.29 is 14.3 Å². The molecule has 0 bridgehead atoms. The zero-order chi connectivity index (χ0) is 21.8. The Balaban J connectivity index is 1.18. The second kappa shape index (κ2) is 9.97. The Morgan fingerprint density at radius 3 is 2.72 bits per heavy atom. The van der Waals surface area contributed by atoms with Crippen LogP contribution in [-0.4, -0.2) is 104 Å². The summed E-state index contributed by atoms with van der Waals surface area (Å²) in [5.74, 6) is 0.823. The van der Waals surface area contributed by atoms with Gasteiger partial charge in [-0.2, -0.15) is 0 Å². The quantitative estimate of drug-likeness (QED) is 0.705. The number of hydrogen-bond acceptors (Lipinski definition) is 8. The standard InChI is InChI=1S/C23H32N6O3/c30-22-3-6-27(7-5-24-22)8-9-28-10-12-29(13-11-28)18-1-2-21-20(15-18)23(26-17-25-21)32-19-4-14-31-16-19/h1-2,15,17,19H,3-14,16H2,(H,24,30). The van der Waals surface area contributed by atoms with Gasteiger partial charge in [0.05, 0.1) is 24.1 Å². The highest BCUT2D eigenvalue weighted by Gasteiger charge is 2.22. The number of piperazine rings is 1. The molecule has 172 valence electrons. The van der Waals surface area contributed by atoms with Gasteiger partial charge in [0.2, 0.25) is 11.8 Å². The van der Waals surface area contributed by atoms with E-state index in [9.17, 15) is 4.79 Å². The summed E-state index contributed by atoms with van der Waals surface area (Å²) in [4.78, 5) is 27.7. The number of carbonyl (C=O) groups excluding carboxylic acids is 1. The third kappa shape index (κ3) is 5.11. The fourth-order valence-corrected chi connectivity index (χ4v) is 4.62. The molecule has 0 radical (unpaired) electrons. The molecule has 32 heavy (non-hydrogen) atoms. The maximum Gasteiger partial charge on any atom is 0.224 e. The van der Waals surface area contributed by atoms with Gasteiger partial charge >= 0.3 is 0 Å². The lowest BCUT2D eigenvalue weighted by Gasteiger charge is -2.37. The van der Waals surface area contributed by atoms with Crippen LogP contribution in [0.15, 0.2) is 24.5 Å². The molecular formula is C23H32N6O3. The van der Waals surface area contributed by atoms with Crippen molar-refractivity contribution in [1.82, 2.24) is 25.1 Å². The Labute approximate surface area is 188 Å². The van der Waals surface area contributed by atoms with Crippen molar-refractivity contribution in [3.63, 3.8) is 0 Å². The van der Waals surface area contributed by atoms with Crippen LogP contribution in [0.2, 0.25) is 0 Å². The first-order valence-electron chi connectivity index (χ1n) is 11.7. The van der Waals surface area contributed by atoms with Gasteiger partial charge in [-0.25, -0.2) is 9.97 Å². The molecule has 4 heterocycles. The smallest absolute Gasteiger partial charge is 0.224 e. The van der Waals surface area contributed by atoms with Crippen LogP contribution in [0.5, 0.6) is 5.88 Å². The highest BCUT2D eigenvalue weighted by Crippen LogP contribution is 2.28. The Kier molecular flexibility index (Phi) is 6.66. The van der Waals surface area contributed by atoms with Crippen LogP contribution in [0.3, 0.4) is 0 Å². The minimum absolute atomic E-state index is 0.0680. The molecular weight excluding hydrogens is 408 g/mol. The van der Waals surface area contributed by atoms with Crippen molar-refractivity contribution in [3.8, 4) is 5.88 Å². The molecule has 3 aliphatic heterocycles. The lowest BCUT2D eigenvalue weighted by molar-refractivity contribution is -0.120. The van der Waals surface area contributed by atoms with Crippen LogP contribution in [0.4, 0.5) is 5.69 Å². The molecule has 5 rings (SSSR count). The van der Waals surface area contributed by atoms with Crippen LogP contribution >= 0.6 is 0 Å².